The Morgan fingerprint density at radius 1 is 1.50 bits per heavy atom. The second-order valence-corrected chi connectivity index (χ2v) is 3.01. The van der Waals surface area contributed by atoms with Gasteiger partial charge in [0, 0.05) is 7.05 Å². The summed E-state index contributed by atoms with van der Waals surface area (Å²) in [4.78, 5) is 22.3. The normalized spacial score (nSPS) is 10.6. The van der Waals surface area contributed by atoms with Gasteiger partial charge in [-0.3, -0.25) is 14.6 Å². The molecule has 0 unspecified atom stereocenters. The number of aromatic carboxylic acids is 1. The van der Waals surface area contributed by atoms with Crippen molar-refractivity contribution in [3.63, 3.8) is 0 Å². The van der Waals surface area contributed by atoms with Crippen molar-refractivity contribution < 1.29 is 9.90 Å². The van der Waals surface area contributed by atoms with Gasteiger partial charge in [0.15, 0.2) is 0 Å². The van der Waals surface area contributed by atoms with Crippen molar-refractivity contribution in [2.45, 2.75) is 0 Å². The number of hydrogen-bond acceptors (Lipinski definition) is 2. The summed E-state index contributed by atoms with van der Waals surface area (Å²) in [5.74, 6) is -1.09. The third kappa shape index (κ3) is 1.02. The fourth-order valence-electron chi connectivity index (χ4n) is 1.45. The summed E-state index contributed by atoms with van der Waals surface area (Å²) in [6, 6.07) is 4.69. The minimum absolute atomic E-state index is 0.0318. The molecule has 0 amide bonds. The molecule has 0 aliphatic rings. The van der Waals surface area contributed by atoms with Crippen LogP contribution >= 0.6 is 0 Å². The Hall–Kier alpha value is -2.04. The molecule has 5 heteroatoms. The SMILES string of the molecule is Cn1[nH]c2cccc(C(=O)O)c2c1=O. The number of H-pyrrole nitrogens is 1. The van der Waals surface area contributed by atoms with Crippen LogP contribution in [0.3, 0.4) is 0 Å². The minimum Gasteiger partial charge on any atom is -0.478 e. The van der Waals surface area contributed by atoms with Crippen molar-refractivity contribution in [1.82, 2.24) is 9.78 Å². The number of rotatable bonds is 1. The topological polar surface area (TPSA) is 75.1 Å². The summed E-state index contributed by atoms with van der Waals surface area (Å²) in [5, 5.41) is 11.8. The lowest BCUT2D eigenvalue weighted by atomic mass is 10.1. The summed E-state index contributed by atoms with van der Waals surface area (Å²) >= 11 is 0. The van der Waals surface area contributed by atoms with E-state index in [0.717, 1.165) is 0 Å². The smallest absolute Gasteiger partial charge is 0.336 e. The summed E-state index contributed by atoms with van der Waals surface area (Å²) in [6.45, 7) is 0. The molecular weight excluding hydrogens is 184 g/mol. The highest BCUT2D eigenvalue weighted by Gasteiger charge is 2.13. The van der Waals surface area contributed by atoms with Gasteiger partial charge in [0.25, 0.3) is 5.56 Å². The molecule has 0 saturated heterocycles. The fourth-order valence-corrected chi connectivity index (χ4v) is 1.45. The zero-order valence-corrected chi connectivity index (χ0v) is 7.44. The monoisotopic (exact) mass is 192 g/mol. The molecule has 2 aromatic rings. The number of nitrogens with zero attached hydrogens (tertiary/aromatic N) is 1. The number of carboxylic acids is 1. The van der Waals surface area contributed by atoms with Gasteiger partial charge in [-0.05, 0) is 12.1 Å². The lowest BCUT2D eigenvalue weighted by Gasteiger charge is -1.93. The number of benzene rings is 1. The van der Waals surface area contributed by atoms with Gasteiger partial charge in [-0.25, -0.2) is 4.79 Å². The molecule has 14 heavy (non-hydrogen) atoms. The van der Waals surface area contributed by atoms with E-state index in [-0.39, 0.29) is 16.5 Å². The number of nitrogens with one attached hydrogen (secondary N) is 1. The number of aromatic nitrogens is 2. The largest absolute Gasteiger partial charge is 0.478 e. The van der Waals surface area contributed by atoms with E-state index in [1.165, 1.54) is 10.7 Å². The average Bonchev–Trinajstić information content (AvgIpc) is 2.43. The standard InChI is InChI=1S/C9H8N2O3/c1-11-8(12)7-5(9(13)14)3-2-4-6(7)10-11/h2-4,10H,1H3,(H,13,14). The molecule has 2 N–H and O–H groups in total. The van der Waals surface area contributed by atoms with Crippen LogP contribution in [0.1, 0.15) is 10.4 Å². The van der Waals surface area contributed by atoms with E-state index in [4.69, 9.17) is 5.11 Å². The van der Waals surface area contributed by atoms with Crippen LogP contribution in [0.5, 0.6) is 0 Å². The molecule has 0 aliphatic carbocycles. The first-order valence-electron chi connectivity index (χ1n) is 4.02. The molecule has 2 rings (SSSR count). The highest BCUT2D eigenvalue weighted by Crippen LogP contribution is 2.12. The van der Waals surface area contributed by atoms with Gasteiger partial charge in [0.1, 0.15) is 0 Å². The van der Waals surface area contributed by atoms with E-state index < -0.39 is 5.97 Å². The van der Waals surface area contributed by atoms with Gasteiger partial charge in [0.05, 0.1) is 16.5 Å². The average molecular weight is 192 g/mol. The van der Waals surface area contributed by atoms with Crippen LogP contribution in [0, 0.1) is 0 Å². The fraction of sp³-hybridized carbons (Fsp3) is 0.111. The molecule has 0 fully saturated rings. The Morgan fingerprint density at radius 2 is 2.21 bits per heavy atom. The maximum atomic E-state index is 11.5. The molecule has 1 aromatic heterocycles. The summed E-state index contributed by atoms with van der Waals surface area (Å²) in [7, 11) is 1.55. The first kappa shape index (κ1) is 8.55. The van der Waals surface area contributed by atoms with E-state index in [0.29, 0.717) is 5.52 Å². The molecule has 0 aliphatic heterocycles. The lowest BCUT2D eigenvalue weighted by molar-refractivity contribution is 0.0699. The molecule has 1 aromatic carbocycles. The molecule has 0 atom stereocenters. The highest BCUT2D eigenvalue weighted by molar-refractivity contribution is 6.02. The Kier molecular flexibility index (Phi) is 1.67. The predicted octanol–water partition coefficient (Wildman–Crippen LogP) is 0.565. The van der Waals surface area contributed by atoms with Gasteiger partial charge in [-0.1, -0.05) is 6.07 Å². The van der Waals surface area contributed by atoms with Crippen LogP contribution in [-0.4, -0.2) is 20.9 Å². The molecule has 0 radical (unpaired) electrons. The van der Waals surface area contributed by atoms with Crippen molar-refractivity contribution in [1.29, 1.82) is 0 Å². The quantitative estimate of drug-likeness (QED) is 0.693. The van der Waals surface area contributed by atoms with Crippen molar-refractivity contribution in [3.05, 3.63) is 34.1 Å². The zero-order chi connectivity index (χ0) is 10.3. The van der Waals surface area contributed by atoms with Crippen LogP contribution < -0.4 is 5.56 Å². The van der Waals surface area contributed by atoms with Crippen LogP contribution in [0.25, 0.3) is 10.9 Å². The van der Waals surface area contributed by atoms with Crippen LogP contribution in [0.15, 0.2) is 23.0 Å². The van der Waals surface area contributed by atoms with E-state index in [2.05, 4.69) is 5.10 Å². The number of aromatic amines is 1. The van der Waals surface area contributed by atoms with E-state index in [1.54, 1.807) is 19.2 Å². The van der Waals surface area contributed by atoms with Crippen LogP contribution in [-0.2, 0) is 7.05 Å². The van der Waals surface area contributed by atoms with Crippen molar-refractivity contribution >= 4 is 16.9 Å². The first-order valence-corrected chi connectivity index (χ1v) is 4.02. The maximum absolute atomic E-state index is 11.5. The summed E-state index contributed by atoms with van der Waals surface area (Å²) in [5.41, 5.74) is 0.250. The Balaban J connectivity index is 2.99. The highest BCUT2D eigenvalue weighted by atomic mass is 16.4. The molecule has 72 valence electrons. The second-order valence-electron chi connectivity index (χ2n) is 3.01. The zero-order valence-electron chi connectivity index (χ0n) is 7.44. The lowest BCUT2D eigenvalue weighted by Crippen LogP contribution is -2.13. The van der Waals surface area contributed by atoms with Crippen LogP contribution in [0.4, 0.5) is 0 Å². The number of fused-ring (bicyclic) bond motifs is 1. The Morgan fingerprint density at radius 3 is 2.86 bits per heavy atom. The number of carboxylic acid groups (broad SMARTS) is 1. The van der Waals surface area contributed by atoms with Crippen molar-refractivity contribution in [3.8, 4) is 0 Å². The van der Waals surface area contributed by atoms with Crippen molar-refractivity contribution in [2.24, 2.45) is 7.05 Å². The van der Waals surface area contributed by atoms with Crippen molar-refractivity contribution in [2.75, 3.05) is 0 Å². The third-order valence-corrected chi connectivity index (χ3v) is 2.10. The molecular formula is C9H8N2O3. The second kappa shape index (κ2) is 2.73. The summed E-state index contributed by atoms with van der Waals surface area (Å²) < 4.78 is 1.26. The molecule has 1 heterocycles. The first-order chi connectivity index (χ1) is 6.61. The predicted molar refractivity (Wildman–Crippen MR) is 50.5 cm³/mol. The van der Waals surface area contributed by atoms with E-state index in [1.807, 2.05) is 0 Å². The Labute approximate surface area is 78.6 Å². The molecule has 5 nitrogen and oxygen atoms in total. The van der Waals surface area contributed by atoms with Crippen LogP contribution in [0.2, 0.25) is 0 Å². The van der Waals surface area contributed by atoms with Gasteiger partial charge in [-0.2, -0.15) is 0 Å². The number of aryl methyl sites for hydroxylation is 1. The molecule has 0 spiro atoms. The third-order valence-electron chi connectivity index (χ3n) is 2.10. The van der Waals surface area contributed by atoms with Gasteiger partial charge < -0.3 is 5.11 Å². The van der Waals surface area contributed by atoms with E-state index >= 15 is 0 Å². The summed E-state index contributed by atoms with van der Waals surface area (Å²) in [6.07, 6.45) is 0. The number of carbonyl (C=O) groups is 1. The Bertz CT molecular complexity index is 565. The van der Waals surface area contributed by atoms with Gasteiger partial charge in [-0.15, -0.1) is 0 Å². The minimum atomic E-state index is -1.09. The van der Waals surface area contributed by atoms with Gasteiger partial charge >= 0.3 is 5.97 Å². The molecule has 0 bridgehead atoms. The number of hydrogen-bond donors (Lipinski definition) is 2. The van der Waals surface area contributed by atoms with Gasteiger partial charge in [0.2, 0.25) is 0 Å². The van der Waals surface area contributed by atoms with E-state index in [9.17, 15) is 9.59 Å². The maximum Gasteiger partial charge on any atom is 0.336 e. The molecule has 0 saturated carbocycles.